The summed E-state index contributed by atoms with van der Waals surface area (Å²) in [5, 5.41) is 9.66. The number of sulfonamides is 1. The zero-order valence-corrected chi connectivity index (χ0v) is 16.5. The second-order valence-electron chi connectivity index (χ2n) is 7.35. The Bertz CT molecular complexity index is 832. The Morgan fingerprint density at radius 2 is 1.85 bits per heavy atom. The Labute approximate surface area is 160 Å². The predicted octanol–water partition coefficient (Wildman–Crippen LogP) is 2.04. The molecule has 8 heteroatoms. The summed E-state index contributed by atoms with van der Waals surface area (Å²) in [7, 11) is -3.57. The summed E-state index contributed by atoms with van der Waals surface area (Å²) in [4.78, 5) is 26.4. The number of amides is 1. The zero-order valence-electron chi connectivity index (χ0n) is 15.7. The molecule has 1 aromatic carbocycles. The summed E-state index contributed by atoms with van der Waals surface area (Å²) in [5.74, 6) is -1.06. The molecule has 1 aromatic rings. The maximum absolute atomic E-state index is 12.8. The van der Waals surface area contributed by atoms with Crippen LogP contribution >= 0.6 is 0 Å². The van der Waals surface area contributed by atoms with Gasteiger partial charge < -0.3 is 10.0 Å². The molecule has 1 saturated carbocycles. The number of carbonyl (C=O) groups is 2. The molecule has 2 aliphatic rings. The summed E-state index contributed by atoms with van der Waals surface area (Å²) >= 11 is 0. The molecule has 1 heterocycles. The first kappa shape index (κ1) is 19.8. The number of nitrogens with zero attached hydrogens (tertiary/aromatic N) is 2. The molecule has 1 N–H and O–H groups in total. The molecule has 148 valence electrons. The minimum atomic E-state index is -3.57. The highest BCUT2D eigenvalue weighted by Gasteiger charge is 2.55. The third-order valence-corrected chi connectivity index (χ3v) is 8.09. The van der Waals surface area contributed by atoms with Crippen LogP contribution in [0, 0.1) is 11.3 Å². The number of rotatable bonds is 6. The molecule has 0 bridgehead atoms. The van der Waals surface area contributed by atoms with Crippen LogP contribution in [0.25, 0.3) is 0 Å². The van der Waals surface area contributed by atoms with Gasteiger partial charge in [-0.15, -0.1) is 0 Å². The summed E-state index contributed by atoms with van der Waals surface area (Å²) in [6.07, 6.45) is 2.33. The molecule has 0 aromatic heterocycles. The van der Waals surface area contributed by atoms with Crippen molar-refractivity contribution in [2.75, 3.05) is 26.2 Å². The van der Waals surface area contributed by atoms with E-state index in [0.717, 1.165) is 12.8 Å². The summed E-state index contributed by atoms with van der Waals surface area (Å²) < 4.78 is 26.5. The van der Waals surface area contributed by atoms with E-state index >= 15 is 0 Å². The number of carboxylic acids is 1. The normalized spacial score (nSPS) is 25.0. The first-order valence-electron chi connectivity index (χ1n) is 9.39. The van der Waals surface area contributed by atoms with E-state index in [4.69, 9.17) is 0 Å². The molecule has 0 radical (unpaired) electrons. The fourth-order valence-electron chi connectivity index (χ4n) is 4.46. The highest BCUT2D eigenvalue weighted by Crippen LogP contribution is 2.49. The van der Waals surface area contributed by atoms with Gasteiger partial charge in [0, 0.05) is 31.7 Å². The van der Waals surface area contributed by atoms with Gasteiger partial charge in [0.05, 0.1) is 10.3 Å². The number of aliphatic carboxylic acids is 1. The SMILES string of the molecule is CCN(CC)S(=O)(=O)c1ccc(C(=O)N2C[C@@H]3CCC[C@@]3(C(=O)O)C2)cc1. The second kappa shape index (κ2) is 7.24. The van der Waals surface area contributed by atoms with Gasteiger partial charge in [0.1, 0.15) is 0 Å². The van der Waals surface area contributed by atoms with Crippen molar-refractivity contribution in [3.63, 3.8) is 0 Å². The lowest BCUT2D eigenvalue weighted by atomic mass is 9.81. The molecule has 27 heavy (non-hydrogen) atoms. The molecule has 0 unspecified atom stereocenters. The van der Waals surface area contributed by atoms with Crippen LogP contribution in [0.2, 0.25) is 0 Å². The molecule has 1 saturated heterocycles. The fourth-order valence-corrected chi connectivity index (χ4v) is 5.92. The lowest BCUT2D eigenvalue weighted by Gasteiger charge is -2.23. The molecular formula is C19H26N2O5S. The van der Waals surface area contributed by atoms with Crippen LogP contribution in [0.3, 0.4) is 0 Å². The average Bonchev–Trinajstić information content (AvgIpc) is 3.20. The van der Waals surface area contributed by atoms with Crippen molar-refractivity contribution in [1.29, 1.82) is 0 Å². The van der Waals surface area contributed by atoms with Crippen LogP contribution < -0.4 is 0 Å². The van der Waals surface area contributed by atoms with Gasteiger partial charge in [0.25, 0.3) is 5.91 Å². The van der Waals surface area contributed by atoms with E-state index in [-0.39, 0.29) is 23.3 Å². The first-order chi connectivity index (χ1) is 12.8. The van der Waals surface area contributed by atoms with E-state index in [0.29, 0.717) is 31.6 Å². The Morgan fingerprint density at radius 3 is 2.37 bits per heavy atom. The number of benzene rings is 1. The van der Waals surface area contributed by atoms with Gasteiger partial charge in [-0.05, 0) is 43.0 Å². The van der Waals surface area contributed by atoms with Gasteiger partial charge in [-0.2, -0.15) is 4.31 Å². The largest absolute Gasteiger partial charge is 0.481 e. The molecule has 2 atom stereocenters. The van der Waals surface area contributed by atoms with Crippen molar-refractivity contribution in [1.82, 2.24) is 9.21 Å². The minimum Gasteiger partial charge on any atom is -0.481 e. The number of hydrogen-bond acceptors (Lipinski definition) is 4. The van der Waals surface area contributed by atoms with Crippen molar-refractivity contribution < 1.29 is 23.1 Å². The minimum absolute atomic E-state index is 0.00117. The maximum Gasteiger partial charge on any atom is 0.311 e. The van der Waals surface area contributed by atoms with E-state index in [1.54, 1.807) is 18.7 Å². The molecule has 3 rings (SSSR count). The Balaban J connectivity index is 1.79. The number of fused-ring (bicyclic) bond motifs is 1. The van der Waals surface area contributed by atoms with Gasteiger partial charge in [0.15, 0.2) is 0 Å². The van der Waals surface area contributed by atoms with Crippen molar-refractivity contribution in [3.05, 3.63) is 29.8 Å². The van der Waals surface area contributed by atoms with Crippen LogP contribution in [-0.4, -0.2) is 60.8 Å². The average molecular weight is 394 g/mol. The lowest BCUT2D eigenvalue weighted by Crippen LogP contribution is -2.37. The molecule has 1 aliphatic heterocycles. The molecule has 7 nitrogen and oxygen atoms in total. The second-order valence-corrected chi connectivity index (χ2v) is 9.29. The van der Waals surface area contributed by atoms with Crippen LogP contribution in [0.4, 0.5) is 0 Å². The van der Waals surface area contributed by atoms with E-state index in [9.17, 15) is 23.1 Å². The summed E-state index contributed by atoms with van der Waals surface area (Å²) in [6, 6.07) is 5.93. The van der Waals surface area contributed by atoms with E-state index < -0.39 is 21.4 Å². The third kappa shape index (κ3) is 3.25. The van der Waals surface area contributed by atoms with Crippen LogP contribution in [0.1, 0.15) is 43.5 Å². The third-order valence-electron chi connectivity index (χ3n) is 6.03. The van der Waals surface area contributed by atoms with Crippen molar-refractivity contribution in [2.24, 2.45) is 11.3 Å². The van der Waals surface area contributed by atoms with Gasteiger partial charge >= 0.3 is 5.97 Å². The molecule has 1 aliphatic carbocycles. The maximum atomic E-state index is 12.8. The Kier molecular flexibility index (Phi) is 5.31. The molecule has 1 amide bonds. The monoisotopic (exact) mass is 394 g/mol. The predicted molar refractivity (Wildman–Crippen MR) is 99.9 cm³/mol. The zero-order chi connectivity index (χ0) is 19.8. The number of hydrogen-bond donors (Lipinski definition) is 1. The summed E-state index contributed by atoms with van der Waals surface area (Å²) in [6.45, 7) is 5.00. The fraction of sp³-hybridized carbons (Fsp3) is 0.579. The molecule has 2 fully saturated rings. The lowest BCUT2D eigenvalue weighted by molar-refractivity contribution is -0.149. The standard InChI is InChI=1S/C19H26N2O5S/c1-3-21(4-2)27(25,26)16-9-7-14(8-10-16)17(22)20-12-15-6-5-11-19(15,13-20)18(23)24/h7-10,15H,3-6,11-13H2,1-2H3,(H,23,24)/t15-,19+/m0/s1. The van der Waals surface area contributed by atoms with Crippen molar-refractivity contribution in [2.45, 2.75) is 38.0 Å². The van der Waals surface area contributed by atoms with Crippen molar-refractivity contribution >= 4 is 21.9 Å². The molecular weight excluding hydrogens is 368 g/mol. The van der Waals surface area contributed by atoms with E-state index in [1.165, 1.54) is 28.6 Å². The Hall–Kier alpha value is -1.93. The van der Waals surface area contributed by atoms with Gasteiger partial charge in [-0.3, -0.25) is 9.59 Å². The van der Waals surface area contributed by atoms with Crippen LogP contribution in [0.15, 0.2) is 29.2 Å². The van der Waals surface area contributed by atoms with Gasteiger partial charge in [-0.1, -0.05) is 20.3 Å². The number of likely N-dealkylation sites (tertiary alicyclic amines) is 1. The summed E-state index contributed by atoms with van der Waals surface area (Å²) in [5.41, 5.74) is -0.434. The number of carbonyl (C=O) groups excluding carboxylic acids is 1. The topological polar surface area (TPSA) is 95.0 Å². The highest BCUT2D eigenvalue weighted by molar-refractivity contribution is 7.89. The van der Waals surface area contributed by atoms with Gasteiger partial charge in [0.2, 0.25) is 10.0 Å². The van der Waals surface area contributed by atoms with E-state index in [1.807, 2.05) is 0 Å². The van der Waals surface area contributed by atoms with E-state index in [2.05, 4.69) is 0 Å². The highest BCUT2D eigenvalue weighted by atomic mass is 32.2. The number of carboxylic acid groups (broad SMARTS) is 1. The van der Waals surface area contributed by atoms with Gasteiger partial charge in [-0.25, -0.2) is 8.42 Å². The first-order valence-corrected chi connectivity index (χ1v) is 10.8. The smallest absolute Gasteiger partial charge is 0.311 e. The van der Waals surface area contributed by atoms with Crippen molar-refractivity contribution in [3.8, 4) is 0 Å². The quantitative estimate of drug-likeness (QED) is 0.797. The Morgan fingerprint density at radius 1 is 1.22 bits per heavy atom. The van der Waals surface area contributed by atoms with Crippen LogP contribution in [-0.2, 0) is 14.8 Å². The molecule has 0 spiro atoms. The van der Waals surface area contributed by atoms with Crippen LogP contribution in [0.5, 0.6) is 0 Å².